The van der Waals surface area contributed by atoms with Crippen LogP contribution in [0.15, 0.2) is 56.5 Å². The Morgan fingerprint density at radius 3 is 2.68 bits per heavy atom. The summed E-state index contributed by atoms with van der Waals surface area (Å²) in [6.07, 6.45) is 2.35. The average Bonchev–Trinajstić information content (AvgIpc) is 2.58. The van der Waals surface area contributed by atoms with Crippen molar-refractivity contribution in [1.29, 1.82) is 0 Å². The Balaban J connectivity index is 2.02. The third-order valence-electron chi connectivity index (χ3n) is 3.98. The fourth-order valence-electron chi connectivity index (χ4n) is 2.48. The van der Waals surface area contributed by atoms with Gasteiger partial charge in [-0.2, -0.15) is 0 Å². The first kappa shape index (κ1) is 16.4. The van der Waals surface area contributed by atoms with Gasteiger partial charge in [-0.3, -0.25) is 9.59 Å². The highest BCUT2D eigenvalue weighted by Gasteiger charge is 2.16. The molecule has 6 heteroatoms. The van der Waals surface area contributed by atoms with Gasteiger partial charge < -0.3 is 14.1 Å². The van der Waals surface area contributed by atoms with E-state index in [0.29, 0.717) is 16.7 Å². The van der Waals surface area contributed by atoms with Crippen LogP contribution >= 0.6 is 0 Å². The summed E-state index contributed by atoms with van der Waals surface area (Å²) in [7, 11) is 1.51. The zero-order valence-corrected chi connectivity index (χ0v) is 13.6. The summed E-state index contributed by atoms with van der Waals surface area (Å²) in [5, 5.41) is 10.6. The normalized spacial score (nSPS) is 11.3. The first-order valence-electron chi connectivity index (χ1n) is 7.53. The van der Waals surface area contributed by atoms with E-state index in [1.54, 1.807) is 37.3 Å². The second kappa shape index (κ2) is 6.24. The van der Waals surface area contributed by atoms with Gasteiger partial charge in [-0.05, 0) is 31.2 Å². The number of fused-ring (bicyclic) bond motifs is 1. The molecular formula is C19H15NO5. The number of carbonyl (C=O) groups excluding carboxylic acids is 1. The van der Waals surface area contributed by atoms with Crippen molar-refractivity contribution in [1.82, 2.24) is 4.57 Å². The number of para-hydroxylation sites is 1. The van der Waals surface area contributed by atoms with Crippen LogP contribution in [0.4, 0.5) is 0 Å². The summed E-state index contributed by atoms with van der Waals surface area (Å²) in [6, 6.07) is 9.93. The highest BCUT2D eigenvalue weighted by Crippen LogP contribution is 2.17. The fraction of sp³-hybridized carbons (Fsp3) is 0.105. The minimum absolute atomic E-state index is 0.176. The van der Waals surface area contributed by atoms with Gasteiger partial charge in [0.1, 0.15) is 16.9 Å². The van der Waals surface area contributed by atoms with Gasteiger partial charge in [0, 0.05) is 24.2 Å². The zero-order chi connectivity index (χ0) is 18.1. The van der Waals surface area contributed by atoms with Gasteiger partial charge in [0.15, 0.2) is 5.78 Å². The summed E-state index contributed by atoms with van der Waals surface area (Å²) >= 11 is 0. The molecule has 1 N–H and O–H groups in total. The quantitative estimate of drug-likeness (QED) is 0.450. The van der Waals surface area contributed by atoms with Crippen LogP contribution in [0.2, 0.25) is 0 Å². The second-order valence-electron chi connectivity index (χ2n) is 5.63. The summed E-state index contributed by atoms with van der Waals surface area (Å²) in [5.74, 6) is -1.08. The molecule has 0 bridgehead atoms. The first-order valence-corrected chi connectivity index (χ1v) is 7.53. The van der Waals surface area contributed by atoms with Crippen LogP contribution < -0.4 is 11.2 Å². The van der Waals surface area contributed by atoms with Crippen molar-refractivity contribution in [2.24, 2.45) is 7.05 Å². The number of aromatic nitrogens is 1. The molecule has 3 rings (SSSR count). The van der Waals surface area contributed by atoms with Crippen molar-refractivity contribution >= 4 is 22.8 Å². The molecule has 2 heterocycles. The van der Waals surface area contributed by atoms with E-state index < -0.39 is 17.0 Å². The number of ketones is 1. The van der Waals surface area contributed by atoms with E-state index in [0.717, 1.165) is 6.08 Å². The highest BCUT2D eigenvalue weighted by atomic mass is 16.4. The standard InChI is InChI=1S/C19H15NO5/c1-11-9-15(22)17(18(23)20(11)2)14(21)8-7-13-10-12-5-3-4-6-16(12)25-19(13)24/h3-10,22H,1-2H3. The van der Waals surface area contributed by atoms with Gasteiger partial charge >= 0.3 is 5.63 Å². The topological polar surface area (TPSA) is 89.5 Å². The van der Waals surface area contributed by atoms with Crippen LogP contribution in [0.1, 0.15) is 21.6 Å². The molecule has 0 amide bonds. The Morgan fingerprint density at radius 2 is 1.92 bits per heavy atom. The minimum Gasteiger partial charge on any atom is -0.507 e. The Kier molecular flexibility index (Phi) is 4.10. The molecule has 126 valence electrons. The molecule has 0 spiro atoms. The van der Waals surface area contributed by atoms with Gasteiger partial charge in [-0.15, -0.1) is 0 Å². The summed E-state index contributed by atoms with van der Waals surface area (Å²) < 4.78 is 6.45. The number of benzene rings is 1. The van der Waals surface area contributed by atoms with Gasteiger partial charge in [0.2, 0.25) is 0 Å². The number of aromatic hydroxyl groups is 1. The van der Waals surface area contributed by atoms with Gasteiger partial charge in [-0.1, -0.05) is 18.2 Å². The van der Waals surface area contributed by atoms with Crippen LogP contribution in [0.25, 0.3) is 17.0 Å². The van der Waals surface area contributed by atoms with E-state index in [1.165, 1.54) is 23.8 Å². The van der Waals surface area contributed by atoms with Crippen molar-refractivity contribution in [3.63, 3.8) is 0 Å². The number of hydrogen-bond acceptors (Lipinski definition) is 5. The number of rotatable bonds is 3. The van der Waals surface area contributed by atoms with Crippen molar-refractivity contribution in [3.05, 3.63) is 80.1 Å². The van der Waals surface area contributed by atoms with E-state index in [2.05, 4.69) is 0 Å². The monoisotopic (exact) mass is 337 g/mol. The summed E-state index contributed by atoms with van der Waals surface area (Å²) in [4.78, 5) is 36.4. The van der Waals surface area contributed by atoms with Crippen molar-refractivity contribution in [2.45, 2.75) is 6.92 Å². The molecule has 0 fully saturated rings. The van der Waals surface area contributed by atoms with Crippen LogP contribution in [-0.4, -0.2) is 15.5 Å². The van der Waals surface area contributed by atoms with E-state index in [4.69, 9.17) is 4.42 Å². The summed E-state index contributed by atoms with van der Waals surface area (Å²) in [5.41, 5.74) is -0.384. The van der Waals surface area contributed by atoms with Gasteiger partial charge in [0.05, 0.1) is 5.56 Å². The molecule has 0 saturated carbocycles. The number of allylic oxidation sites excluding steroid dienone is 1. The number of carbonyl (C=O) groups is 1. The van der Waals surface area contributed by atoms with E-state index >= 15 is 0 Å². The maximum absolute atomic E-state index is 12.3. The minimum atomic E-state index is -0.689. The maximum Gasteiger partial charge on any atom is 0.343 e. The summed E-state index contributed by atoms with van der Waals surface area (Å²) in [6.45, 7) is 1.64. The lowest BCUT2D eigenvalue weighted by molar-refractivity contribution is 0.104. The average molecular weight is 337 g/mol. The third kappa shape index (κ3) is 3.01. The molecule has 6 nitrogen and oxygen atoms in total. The van der Waals surface area contributed by atoms with Crippen LogP contribution in [0, 0.1) is 6.92 Å². The third-order valence-corrected chi connectivity index (χ3v) is 3.98. The molecule has 0 aliphatic rings. The molecule has 3 aromatic rings. The lowest BCUT2D eigenvalue weighted by Crippen LogP contribution is -2.25. The number of nitrogens with zero attached hydrogens (tertiary/aromatic N) is 1. The molecule has 0 atom stereocenters. The Bertz CT molecular complexity index is 1130. The van der Waals surface area contributed by atoms with Crippen LogP contribution in [0.5, 0.6) is 5.75 Å². The molecule has 1 aromatic carbocycles. The maximum atomic E-state index is 12.3. The second-order valence-corrected chi connectivity index (χ2v) is 5.63. The van der Waals surface area contributed by atoms with Crippen molar-refractivity contribution in [2.75, 3.05) is 0 Å². The Hall–Kier alpha value is -3.41. The number of hydrogen-bond donors (Lipinski definition) is 1. The molecule has 0 aliphatic heterocycles. The highest BCUT2D eigenvalue weighted by molar-refractivity contribution is 6.08. The Morgan fingerprint density at radius 1 is 1.20 bits per heavy atom. The van der Waals surface area contributed by atoms with E-state index in [9.17, 15) is 19.5 Å². The molecule has 0 saturated heterocycles. The predicted molar refractivity (Wildman–Crippen MR) is 93.9 cm³/mol. The van der Waals surface area contributed by atoms with Crippen LogP contribution in [-0.2, 0) is 7.05 Å². The molecule has 0 aliphatic carbocycles. The van der Waals surface area contributed by atoms with Gasteiger partial charge in [-0.25, -0.2) is 4.79 Å². The zero-order valence-electron chi connectivity index (χ0n) is 13.6. The van der Waals surface area contributed by atoms with Crippen molar-refractivity contribution < 1.29 is 14.3 Å². The first-order chi connectivity index (χ1) is 11.9. The largest absolute Gasteiger partial charge is 0.507 e. The van der Waals surface area contributed by atoms with E-state index in [-0.39, 0.29) is 16.9 Å². The lowest BCUT2D eigenvalue weighted by atomic mass is 10.1. The number of pyridine rings is 1. The van der Waals surface area contributed by atoms with Crippen LogP contribution in [0.3, 0.4) is 0 Å². The predicted octanol–water partition coefficient (Wildman–Crippen LogP) is 2.40. The molecule has 2 aromatic heterocycles. The molecule has 0 unspecified atom stereocenters. The van der Waals surface area contributed by atoms with Gasteiger partial charge in [0.25, 0.3) is 5.56 Å². The van der Waals surface area contributed by atoms with Crippen molar-refractivity contribution in [3.8, 4) is 5.75 Å². The number of aryl methyl sites for hydroxylation is 1. The lowest BCUT2D eigenvalue weighted by Gasteiger charge is -2.07. The molecule has 0 radical (unpaired) electrons. The molecular weight excluding hydrogens is 322 g/mol. The molecule has 25 heavy (non-hydrogen) atoms. The SMILES string of the molecule is Cc1cc(O)c(C(=O)C=Cc2cc3ccccc3oc2=O)c(=O)n1C. The smallest absolute Gasteiger partial charge is 0.343 e. The fourth-order valence-corrected chi connectivity index (χ4v) is 2.48. The Labute approximate surface area is 142 Å². The van der Waals surface area contributed by atoms with E-state index in [1.807, 2.05) is 0 Å².